The molecule has 0 spiro atoms. The second-order valence-electron chi connectivity index (χ2n) is 6.00. The number of benzene rings is 2. The first kappa shape index (κ1) is 20.0. The van der Waals surface area contributed by atoms with Crippen molar-refractivity contribution >= 4 is 40.4 Å². The highest BCUT2D eigenvalue weighted by molar-refractivity contribution is 7.15. The highest BCUT2D eigenvalue weighted by Gasteiger charge is 2.15. The number of halogens is 2. The molecule has 0 aliphatic rings. The van der Waals surface area contributed by atoms with Gasteiger partial charge in [-0.05, 0) is 49.4 Å². The molecule has 3 aromatic rings. The van der Waals surface area contributed by atoms with Crippen LogP contribution in [-0.2, 0) is 16.0 Å². The molecule has 1 aromatic heterocycles. The molecule has 0 atom stereocenters. The van der Waals surface area contributed by atoms with Gasteiger partial charge in [0.05, 0.1) is 5.69 Å². The Kier molecular flexibility index (Phi) is 6.38. The maximum absolute atomic E-state index is 13.1. The fourth-order valence-electron chi connectivity index (χ4n) is 2.50. The average Bonchev–Trinajstić information content (AvgIpc) is 3.03. The highest BCUT2D eigenvalue weighted by atomic mass is 35.5. The molecule has 0 saturated heterocycles. The Hall–Kier alpha value is -2.77. The predicted molar refractivity (Wildman–Crippen MR) is 109 cm³/mol. The lowest BCUT2D eigenvalue weighted by molar-refractivity contribution is -0.136. The van der Waals surface area contributed by atoms with E-state index in [1.807, 2.05) is 6.92 Å². The van der Waals surface area contributed by atoms with Crippen molar-refractivity contribution in [3.05, 3.63) is 69.9 Å². The number of nitrogens with zero attached hydrogens (tertiary/aromatic N) is 1. The Morgan fingerprint density at radius 1 is 1.14 bits per heavy atom. The van der Waals surface area contributed by atoms with Crippen molar-refractivity contribution in [2.45, 2.75) is 13.3 Å². The quantitative estimate of drug-likeness (QED) is 0.611. The summed E-state index contributed by atoms with van der Waals surface area (Å²) in [6.45, 7) is 2.18. The Morgan fingerprint density at radius 3 is 2.61 bits per heavy atom. The molecule has 2 N–H and O–H groups in total. The van der Waals surface area contributed by atoms with E-state index in [1.54, 1.807) is 36.4 Å². The van der Waals surface area contributed by atoms with Gasteiger partial charge in [-0.2, -0.15) is 0 Å². The van der Waals surface area contributed by atoms with Gasteiger partial charge >= 0.3 is 11.8 Å². The number of anilines is 1. The molecule has 0 fully saturated rings. The van der Waals surface area contributed by atoms with Gasteiger partial charge in [0.2, 0.25) is 0 Å². The lowest BCUT2D eigenvalue weighted by Crippen LogP contribution is -2.36. The van der Waals surface area contributed by atoms with Gasteiger partial charge in [0.15, 0.2) is 0 Å². The smallest absolute Gasteiger partial charge is 0.313 e. The molecule has 3 rings (SSSR count). The molecule has 1 heterocycles. The van der Waals surface area contributed by atoms with Crippen molar-refractivity contribution in [1.82, 2.24) is 10.3 Å². The summed E-state index contributed by atoms with van der Waals surface area (Å²) in [5.74, 6) is -1.77. The van der Waals surface area contributed by atoms with Gasteiger partial charge in [-0.1, -0.05) is 17.7 Å². The molecule has 8 heteroatoms. The zero-order chi connectivity index (χ0) is 20.1. The van der Waals surface area contributed by atoms with E-state index < -0.39 is 11.8 Å². The number of carbonyl (C=O) groups is 2. The van der Waals surface area contributed by atoms with Gasteiger partial charge in [0.25, 0.3) is 0 Å². The summed E-state index contributed by atoms with van der Waals surface area (Å²) >= 11 is 7.34. The van der Waals surface area contributed by atoms with Crippen LogP contribution in [0.5, 0.6) is 0 Å². The molecule has 144 valence electrons. The van der Waals surface area contributed by atoms with Crippen molar-refractivity contribution in [3.8, 4) is 10.6 Å². The van der Waals surface area contributed by atoms with E-state index in [4.69, 9.17) is 11.6 Å². The zero-order valence-electron chi connectivity index (χ0n) is 15.0. The Bertz CT molecular complexity index is 1000. The van der Waals surface area contributed by atoms with Gasteiger partial charge < -0.3 is 10.6 Å². The number of carbonyl (C=O) groups excluding carboxylic acids is 2. The van der Waals surface area contributed by atoms with Gasteiger partial charge in [-0.3, -0.25) is 9.59 Å². The molecule has 28 heavy (non-hydrogen) atoms. The number of aryl methyl sites for hydroxylation is 1. The van der Waals surface area contributed by atoms with Crippen molar-refractivity contribution in [2.75, 3.05) is 11.9 Å². The van der Waals surface area contributed by atoms with E-state index in [1.165, 1.54) is 23.5 Å². The second kappa shape index (κ2) is 8.95. The third-order valence-corrected chi connectivity index (χ3v) is 5.41. The van der Waals surface area contributed by atoms with E-state index in [9.17, 15) is 14.0 Å². The molecule has 2 aromatic carbocycles. The van der Waals surface area contributed by atoms with Crippen molar-refractivity contribution in [1.29, 1.82) is 0 Å². The number of nitrogens with one attached hydrogen (secondary N) is 2. The molecule has 0 radical (unpaired) electrons. The van der Waals surface area contributed by atoms with E-state index in [0.717, 1.165) is 21.1 Å². The molecular weight excluding hydrogens is 401 g/mol. The van der Waals surface area contributed by atoms with Crippen LogP contribution < -0.4 is 10.6 Å². The summed E-state index contributed by atoms with van der Waals surface area (Å²) < 4.78 is 13.1. The summed E-state index contributed by atoms with van der Waals surface area (Å²) in [7, 11) is 0. The summed E-state index contributed by atoms with van der Waals surface area (Å²) in [6.07, 6.45) is 0.543. The van der Waals surface area contributed by atoms with Crippen molar-refractivity contribution in [3.63, 3.8) is 0 Å². The largest absolute Gasteiger partial charge is 0.347 e. The summed E-state index contributed by atoms with van der Waals surface area (Å²) in [5.41, 5.74) is 2.14. The Labute approximate surface area is 170 Å². The van der Waals surface area contributed by atoms with Crippen LogP contribution in [0.4, 0.5) is 10.1 Å². The van der Waals surface area contributed by atoms with Crippen LogP contribution >= 0.6 is 22.9 Å². The van der Waals surface area contributed by atoms with Gasteiger partial charge in [0, 0.05) is 34.1 Å². The van der Waals surface area contributed by atoms with E-state index >= 15 is 0 Å². The van der Waals surface area contributed by atoms with E-state index in [2.05, 4.69) is 15.6 Å². The third-order valence-electron chi connectivity index (χ3n) is 3.91. The maximum Gasteiger partial charge on any atom is 0.313 e. The highest BCUT2D eigenvalue weighted by Crippen LogP contribution is 2.28. The zero-order valence-corrected chi connectivity index (χ0v) is 16.5. The molecule has 0 saturated carbocycles. The molecular formula is C20H17ClFN3O2S. The maximum atomic E-state index is 13.1. The molecule has 0 bridgehead atoms. The molecule has 2 amide bonds. The molecule has 5 nitrogen and oxygen atoms in total. The summed E-state index contributed by atoms with van der Waals surface area (Å²) in [4.78, 5) is 29.4. The standard InChI is InChI=1S/C20H17ClFN3O2S/c1-12-17(28-20(24-12)13-5-7-15(22)8-6-13)9-10-23-18(26)19(27)25-16-4-2-3-14(21)11-16/h2-8,11H,9-10H2,1H3,(H,23,26)(H,25,27). The number of amides is 2. The molecule has 0 aliphatic heterocycles. The minimum atomic E-state index is -0.754. The lowest BCUT2D eigenvalue weighted by Gasteiger charge is -2.06. The minimum absolute atomic E-state index is 0.295. The number of rotatable bonds is 5. The monoisotopic (exact) mass is 417 g/mol. The summed E-state index contributed by atoms with van der Waals surface area (Å²) in [6, 6.07) is 12.7. The Balaban J connectivity index is 1.53. The van der Waals surface area contributed by atoms with E-state index in [-0.39, 0.29) is 5.82 Å². The average molecular weight is 418 g/mol. The second-order valence-corrected chi connectivity index (χ2v) is 7.52. The molecule has 0 unspecified atom stereocenters. The van der Waals surface area contributed by atoms with Crippen LogP contribution in [0.3, 0.4) is 0 Å². The van der Waals surface area contributed by atoms with Crippen LogP contribution in [-0.4, -0.2) is 23.3 Å². The number of aromatic nitrogens is 1. The van der Waals surface area contributed by atoms with Crippen LogP contribution in [0.15, 0.2) is 48.5 Å². The van der Waals surface area contributed by atoms with Gasteiger partial charge in [-0.25, -0.2) is 9.37 Å². The van der Waals surface area contributed by atoms with Crippen LogP contribution in [0, 0.1) is 12.7 Å². The topological polar surface area (TPSA) is 71.1 Å². The lowest BCUT2D eigenvalue weighted by atomic mass is 10.2. The van der Waals surface area contributed by atoms with Crippen LogP contribution in [0.1, 0.15) is 10.6 Å². The molecule has 0 aliphatic carbocycles. The fraction of sp³-hybridized carbons (Fsp3) is 0.150. The van der Waals surface area contributed by atoms with Gasteiger partial charge in [0.1, 0.15) is 10.8 Å². The minimum Gasteiger partial charge on any atom is -0.347 e. The van der Waals surface area contributed by atoms with Crippen molar-refractivity contribution in [2.24, 2.45) is 0 Å². The fourth-order valence-corrected chi connectivity index (χ4v) is 3.76. The SMILES string of the molecule is Cc1nc(-c2ccc(F)cc2)sc1CCNC(=O)C(=O)Nc1cccc(Cl)c1. The third kappa shape index (κ3) is 5.15. The van der Waals surface area contributed by atoms with Crippen molar-refractivity contribution < 1.29 is 14.0 Å². The first-order chi connectivity index (χ1) is 13.4. The van der Waals surface area contributed by atoms with E-state index in [0.29, 0.717) is 23.7 Å². The number of hydrogen-bond donors (Lipinski definition) is 2. The van der Waals surface area contributed by atoms with Crippen LogP contribution in [0.25, 0.3) is 10.6 Å². The van der Waals surface area contributed by atoms with Crippen LogP contribution in [0.2, 0.25) is 5.02 Å². The predicted octanol–water partition coefficient (Wildman–Crippen LogP) is 4.21. The number of thiazole rings is 1. The normalized spacial score (nSPS) is 10.5. The Morgan fingerprint density at radius 2 is 1.89 bits per heavy atom. The number of hydrogen-bond acceptors (Lipinski definition) is 4. The first-order valence-electron chi connectivity index (χ1n) is 8.49. The first-order valence-corrected chi connectivity index (χ1v) is 9.69. The van der Waals surface area contributed by atoms with Gasteiger partial charge in [-0.15, -0.1) is 11.3 Å². The summed E-state index contributed by atoms with van der Waals surface area (Å²) in [5, 5.41) is 6.35.